The van der Waals surface area contributed by atoms with Crippen molar-refractivity contribution in [1.82, 2.24) is 10.7 Å². The Morgan fingerprint density at radius 3 is 2.78 bits per heavy atom. The molecular formula is C18H25N5O2S2. The molecule has 1 amide bonds. The third kappa shape index (κ3) is 4.59. The van der Waals surface area contributed by atoms with Crippen molar-refractivity contribution in [2.75, 3.05) is 11.9 Å². The van der Waals surface area contributed by atoms with Crippen LogP contribution in [-0.2, 0) is 12.8 Å². The van der Waals surface area contributed by atoms with Crippen LogP contribution >= 0.6 is 23.6 Å². The minimum atomic E-state index is -0.593. The zero-order valence-electron chi connectivity index (χ0n) is 15.1. The Morgan fingerprint density at radius 1 is 1.33 bits per heavy atom. The van der Waals surface area contributed by atoms with Gasteiger partial charge in [-0.05, 0) is 62.2 Å². The first-order valence-electron chi connectivity index (χ1n) is 9.49. The van der Waals surface area contributed by atoms with Gasteiger partial charge in [-0.15, -0.1) is 11.3 Å². The average Bonchev–Trinajstić information content (AvgIpc) is 3.53. The molecule has 6 N–H and O–H groups in total. The van der Waals surface area contributed by atoms with Crippen LogP contribution in [0.3, 0.4) is 0 Å². The molecular weight excluding hydrogens is 382 g/mol. The SMILES string of the molecule is NC(=S)N/N=C1/CCc2sc(NC(O)C3CC3)c(C(=O)NCC3CC3)c2C1. The van der Waals surface area contributed by atoms with Crippen LogP contribution in [-0.4, -0.2) is 34.6 Å². The third-order valence-corrected chi connectivity index (χ3v) is 6.57. The van der Waals surface area contributed by atoms with E-state index in [0.717, 1.165) is 48.5 Å². The first-order valence-corrected chi connectivity index (χ1v) is 10.7. The smallest absolute Gasteiger partial charge is 0.254 e. The molecule has 2 fully saturated rings. The Labute approximate surface area is 167 Å². The highest BCUT2D eigenvalue weighted by atomic mass is 32.1. The number of nitrogens with two attached hydrogens (primary N) is 1. The number of fused-ring (bicyclic) bond motifs is 1. The van der Waals surface area contributed by atoms with Crippen LogP contribution in [0, 0.1) is 11.8 Å². The molecule has 1 aromatic heterocycles. The summed E-state index contributed by atoms with van der Waals surface area (Å²) in [5, 5.41) is 21.8. The first-order chi connectivity index (χ1) is 13.0. The molecule has 1 atom stereocenters. The number of aryl methyl sites for hydroxylation is 1. The van der Waals surface area contributed by atoms with E-state index in [4.69, 9.17) is 18.0 Å². The number of amides is 1. The third-order valence-electron chi connectivity index (χ3n) is 5.26. The van der Waals surface area contributed by atoms with Crippen molar-refractivity contribution in [3.8, 4) is 0 Å². The van der Waals surface area contributed by atoms with Gasteiger partial charge >= 0.3 is 0 Å². The van der Waals surface area contributed by atoms with E-state index in [1.807, 2.05) is 0 Å². The Morgan fingerprint density at radius 2 is 2.11 bits per heavy atom. The summed E-state index contributed by atoms with van der Waals surface area (Å²) in [6.45, 7) is 0.720. The maximum absolute atomic E-state index is 12.9. The molecule has 4 rings (SSSR count). The molecule has 1 aromatic rings. The lowest BCUT2D eigenvalue weighted by atomic mass is 9.93. The lowest BCUT2D eigenvalue weighted by Crippen LogP contribution is -2.30. The number of rotatable bonds is 7. The molecule has 3 aliphatic carbocycles. The van der Waals surface area contributed by atoms with Gasteiger partial charge < -0.3 is 21.5 Å². The van der Waals surface area contributed by atoms with Gasteiger partial charge in [0, 0.05) is 29.5 Å². The largest absolute Gasteiger partial charge is 0.375 e. The van der Waals surface area contributed by atoms with Gasteiger partial charge in [0.25, 0.3) is 5.91 Å². The van der Waals surface area contributed by atoms with Crippen molar-refractivity contribution >= 4 is 45.3 Å². The van der Waals surface area contributed by atoms with Crippen molar-refractivity contribution in [3.63, 3.8) is 0 Å². The molecule has 1 heterocycles. The van der Waals surface area contributed by atoms with Crippen molar-refractivity contribution in [3.05, 3.63) is 16.0 Å². The molecule has 1 unspecified atom stereocenters. The Balaban J connectivity index is 1.58. The maximum Gasteiger partial charge on any atom is 0.254 e. The fourth-order valence-electron chi connectivity index (χ4n) is 3.33. The molecule has 3 aliphatic rings. The molecule has 0 bridgehead atoms. The van der Waals surface area contributed by atoms with E-state index >= 15 is 0 Å². The zero-order valence-corrected chi connectivity index (χ0v) is 16.7. The molecule has 0 aliphatic heterocycles. The number of nitrogens with zero attached hydrogens (tertiary/aromatic N) is 1. The van der Waals surface area contributed by atoms with Gasteiger partial charge in [-0.3, -0.25) is 10.2 Å². The van der Waals surface area contributed by atoms with Crippen molar-refractivity contribution in [1.29, 1.82) is 0 Å². The highest BCUT2D eigenvalue weighted by molar-refractivity contribution is 7.80. The van der Waals surface area contributed by atoms with Crippen LogP contribution in [0.15, 0.2) is 5.10 Å². The summed E-state index contributed by atoms with van der Waals surface area (Å²) < 4.78 is 0. The number of nitrogens with one attached hydrogen (secondary N) is 3. The number of thiophene rings is 1. The summed E-state index contributed by atoms with van der Waals surface area (Å²) in [5.74, 6) is 0.843. The van der Waals surface area contributed by atoms with Gasteiger partial charge in [-0.25, -0.2) is 0 Å². The highest BCUT2D eigenvalue weighted by Gasteiger charge is 2.33. The number of hydrogen-bond donors (Lipinski definition) is 5. The second-order valence-corrected chi connectivity index (χ2v) is 9.16. The Hall–Kier alpha value is -1.71. The van der Waals surface area contributed by atoms with E-state index in [-0.39, 0.29) is 11.0 Å². The summed E-state index contributed by atoms with van der Waals surface area (Å²) in [6, 6.07) is 0. The molecule has 27 heavy (non-hydrogen) atoms. The second kappa shape index (κ2) is 7.73. The topological polar surface area (TPSA) is 112 Å². The summed E-state index contributed by atoms with van der Waals surface area (Å²) in [5.41, 5.74) is 10.7. The summed E-state index contributed by atoms with van der Waals surface area (Å²) in [7, 11) is 0. The monoisotopic (exact) mass is 407 g/mol. The van der Waals surface area contributed by atoms with Gasteiger partial charge in [-0.1, -0.05) is 0 Å². The normalized spacial score (nSPS) is 21.4. The molecule has 146 valence electrons. The maximum atomic E-state index is 12.9. The Bertz CT molecular complexity index is 783. The molecule has 0 aromatic carbocycles. The van der Waals surface area contributed by atoms with Crippen LogP contribution in [0.25, 0.3) is 0 Å². The fraction of sp³-hybridized carbons (Fsp3) is 0.611. The predicted octanol–water partition coefficient (Wildman–Crippen LogP) is 1.71. The second-order valence-electron chi connectivity index (χ2n) is 7.62. The number of thiocarbonyl (C=S) groups is 1. The van der Waals surface area contributed by atoms with Crippen molar-refractivity contribution in [2.24, 2.45) is 22.7 Å². The minimum Gasteiger partial charge on any atom is -0.375 e. The number of aliphatic hydroxyl groups is 1. The molecule has 9 heteroatoms. The van der Waals surface area contributed by atoms with E-state index < -0.39 is 6.23 Å². The fourth-order valence-corrected chi connectivity index (χ4v) is 4.63. The van der Waals surface area contributed by atoms with Gasteiger partial charge in [0.1, 0.15) is 11.2 Å². The highest BCUT2D eigenvalue weighted by Crippen LogP contribution is 2.40. The van der Waals surface area contributed by atoms with Crippen molar-refractivity contribution < 1.29 is 9.90 Å². The standard InChI is InChI=1S/C18H25N5O2S2/c19-18(26)23-22-11-5-6-13-12(7-11)14(16(25)20-8-9-1-2-9)17(27-13)21-15(24)10-3-4-10/h9-10,15,21,24H,1-8H2,(H,20,25)(H3,19,23,26)/b22-11-. The lowest BCUT2D eigenvalue weighted by Gasteiger charge is -2.16. The minimum absolute atomic E-state index is 0.0616. The van der Waals surface area contributed by atoms with Crippen LogP contribution in [0.2, 0.25) is 0 Å². The molecule has 7 nitrogen and oxygen atoms in total. The number of hydrogen-bond acceptors (Lipinski definition) is 6. The lowest BCUT2D eigenvalue weighted by molar-refractivity contribution is 0.0952. The van der Waals surface area contributed by atoms with Gasteiger partial charge in [0.05, 0.1) is 5.56 Å². The molecule has 0 spiro atoms. The van der Waals surface area contributed by atoms with E-state index in [1.165, 1.54) is 17.7 Å². The summed E-state index contributed by atoms with van der Waals surface area (Å²) in [6.07, 6.45) is 6.07. The first kappa shape index (κ1) is 18.6. The van der Waals surface area contributed by atoms with Crippen molar-refractivity contribution in [2.45, 2.75) is 51.2 Å². The van der Waals surface area contributed by atoms with Gasteiger partial charge in [-0.2, -0.15) is 5.10 Å². The van der Waals surface area contributed by atoms with Crippen LogP contribution in [0.1, 0.15) is 52.9 Å². The van der Waals surface area contributed by atoms with E-state index in [9.17, 15) is 9.90 Å². The quantitative estimate of drug-likeness (QED) is 0.267. The van der Waals surface area contributed by atoms with E-state index in [0.29, 0.717) is 23.8 Å². The van der Waals surface area contributed by atoms with Crippen LogP contribution in [0.4, 0.5) is 5.00 Å². The number of carbonyl (C=O) groups excluding carboxylic acids is 1. The number of carbonyl (C=O) groups is 1. The van der Waals surface area contributed by atoms with Gasteiger partial charge in [0.15, 0.2) is 5.11 Å². The number of anilines is 1. The Kier molecular flexibility index (Phi) is 5.34. The number of hydrazone groups is 1. The summed E-state index contributed by atoms with van der Waals surface area (Å²) in [4.78, 5) is 14.1. The zero-order chi connectivity index (χ0) is 19.0. The van der Waals surface area contributed by atoms with Gasteiger partial charge in [0.2, 0.25) is 0 Å². The van der Waals surface area contributed by atoms with Crippen LogP contribution in [0.5, 0.6) is 0 Å². The average molecular weight is 408 g/mol. The number of aliphatic hydroxyl groups excluding tert-OH is 1. The molecule has 2 saturated carbocycles. The molecule has 0 radical (unpaired) electrons. The van der Waals surface area contributed by atoms with E-state index in [2.05, 4.69) is 21.2 Å². The van der Waals surface area contributed by atoms with Crippen LogP contribution < -0.4 is 21.8 Å². The molecule has 0 saturated heterocycles. The summed E-state index contributed by atoms with van der Waals surface area (Å²) >= 11 is 6.40. The van der Waals surface area contributed by atoms with E-state index in [1.54, 1.807) is 11.3 Å². The predicted molar refractivity (Wildman–Crippen MR) is 111 cm³/mol.